The Labute approximate surface area is 172 Å². The number of likely N-dealkylation sites (tertiary alicyclic amines) is 1. The second-order valence-electron chi connectivity index (χ2n) is 9.52. The number of carbonyl (C=O) groups excluding carboxylic acids is 1. The topological polar surface area (TPSA) is 52.6 Å². The molecule has 158 valence electrons. The summed E-state index contributed by atoms with van der Waals surface area (Å²) < 4.78 is 39.4. The van der Waals surface area contributed by atoms with Crippen LogP contribution in [0.2, 0.25) is 5.02 Å². The Morgan fingerprint density at radius 2 is 2.10 bits per heavy atom. The van der Waals surface area contributed by atoms with Crippen LogP contribution in [0.5, 0.6) is 0 Å². The Balaban J connectivity index is 1.28. The molecule has 3 saturated carbocycles. The first-order valence-electron chi connectivity index (χ1n) is 10.2. The van der Waals surface area contributed by atoms with E-state index in [2.05, 4.69) is 5.32 Å². The van der Waals surface area contributed by atoms with E-state index in [0.29, 0.717) is 23.6 Å². The number of hydrogen-bond acceptors (Lipinski definition) is 2. The molecule has 0 bridgehead atoms. The number of hydrogen-bond donors (Lipinski definition) is 2. The molecule has 4 aliphatic rings. The summed E-state index contributed by atoms with van der Waals surface area (Å²) in [6, 6.07) is 4.61. The number of fused-ring (bicyclic) bond motifs is 1. The van der Waals surface area contributed by atoms with Crippen molar-refractivity contribution in [1.29, 1.82) is 0 Å². The van der Waals surface area contributed by atoms with Gasteiger partial charge in [0.15, 0.2) is 0 Å². The molecule has 1 saturated heterocycles. The van der Waals surface area contributed by atoms with Gasteiger partial charge in [0, 0.05) is 28.7 Å². The van der Waals surface area contributed by atoms with Gasteiger partial charge in [-0.25, -0.2) is 4.79 Å². The van der Waals surface area contributed by atoms with Crippen molar-refractivity contribution in [3.8, 4) is 0 Å². The molecule has 29 heavy (non-hydrogen) atoms. The van der Waals surface area contributed by atoms with Gasteiger partial charge in [0.2, 0.25) is 0 Å². The number of amides is 2. The molecule has 0 aromatic heterocycles. The van der Waals surface area contributed by atoms with Gasteiger partial charge in [-0.3, -0.25) is 0 Å². The van der Waals surface area contributed by atoms with Gasteiger partial charge in [0.05, 0.1) is 11.5 Å². The van der Waals surface area contributed by atoms with Crippen molar-refractivity contribution in [2.45, 2.75) is 68.8 Å². The normalized spacial score (nSPS) is 40.3. The highest BCUT2D eigenvalue weighted by Crippen LogP contribution is 2.66. The van der Waals surface area contributed by atoms with Crippen LogP contribution in [-0.2, 0) is 0 Å². The molecule has 4 nitrogen and oxygen atoms in total. The SMILES string of the molecule is C[C@]1(O)CCC(c2cc(NC(=O)N3C4C[C@@H](C(F)(F)F)CC5C4C53)ccc2Cl)C1. The molecule has 1 aromatic carbocycles. The van der Waals surface area contributed by atoms with Gasteiger partial charge in [-0.05, 0) is 74.6 Å². The Hall–Kier alpha value is -1.47. The smallest absolute Gasteiger partial charge is 0.390 e. The lowest BCUT2D eigenvalue weighted by Crippen LogP contribution is -2.55. The van der Waals surface area contributed by atoms with Crippen molar-refractivity contribution < 1.29 is 23.1 Å². The Kier molecular flexibility index (Phi) is 4.21. The van der Waals surface area contributed by atoms with E-state index in [4.69, 9.17) is 11.6 Å². The fraction of sp³-hybridized carbons (Fsp3) is 0.667. The van der Waals surface area contributed by atoms with E-state index in [1.165, 1.54) is 0 Å². The van der Waals surface area contributed by atoms with E-state index in [1.807, 2.05) is 13.0 Å². The summed E-state index contributed by atoms with van der Waals surface area (Å²) in [7, 11) is 0. The molecule has 5 unspecified atom stereocenters. The molecule has 3 aliphatic carbocycles. The zero-order valence-electron chi connectivity index (χ0n) is 16.0. The Morgan fingerprint density at radius 3 is 2.76 bits per heavy atom. The van der Waals surface area contributed by atoms with Crippen LogP contribution in [0.4, 0.5) is 23.7 Å². The number of anilines is 1. The first kappa shape index (κ1) is 19.5. The molecule has 1 aliphatic heterocycles. The van der Waals surface area contributed by atoms with E-state index < -0.39 is 17.7 Å². The van der Waals surface area contributed by atoms with Gasteiger partial charge >= 0.3 is 12.2 Å². The molecule has 7 atom stereocenters. The van der Waals surface area contributed by atoms with Crippen molar-refractivity contribution in [3.63, 3.8) is 0 Å². The number of benzene rings is 1. The average Bonchev–Trinajstić information content (AvgIpc) is 3.17. The minimum atomic E-state index is -4.18. The zero-order chi connectivity index (χ0) is 20.7. The summed E-state index contributed by atoms with van der Waals surface area (Å²) in [5.74, 6) is -0.930. The number of halogens is 4. The van der Waals surface area contributed by atoms with E-state index in [1.54, 1.807) is 17.0 Å². The first-order chi connectivity index (χ1) is 13.5. The van der Waals surface area contributed by atoms with Crippen LogP contribution in [0, 0.1) is 17.8 Å². The van der Waals surface area contributed by atoms with Crippen molar-refractivity contribution in [2.75, 3.05) is 5.32 Å². The number of alkyl halides is 3. The fourth-order valence-corrected chi connectivity index (χ4v) is 6.31. The first-order valence-corrected chi connectivity index (χ1v) is 10.6. The summed E-state index contributed by atoms with van der Waals surface area (Å²) in [4.78, 5) is 14.4. The maximum atomic E-state index is 13.1. The quantitative estimate of drug-likeness (QED) is 0.683. The van der Waals surface area contributed by atoms with Gasteiger partial charge in [-0.1, -0.05) is 11.6 Å². The predicted molar refractivity (Wildman–Crippen MR) is 103 cm³/mol. The largest absolute Gasteiger partial charge is 0.391 e. The fourth-order valence-electron chi connectivity index (χ4n) is 6.04. The number of aliphatic hydroxyl groups is 1. The number of urea groups is 1. The van der Waals surface area contributed by atoms with Crippen LogP contribution >= 0.6 is 11.6 Å². The van der Waals surface area contributed by atoms with E-state index >= 15 is 0 Å². The third-order valence-corrected chi connectivity index (χ3v) is 7.84. The zero-order valence-corrected chi connectivity index (χ0v) is 16.8. The minimum Gasteiger partial charge on any atom is -0.390 e. The Bertz CT molecular complexity index is 859. The summed E-state index contributed by atoms with van der Waals surface area (Å²) in [6.45, 7) is 1.81. The van der Waals surface area contributed by atoms with Gasteiger partial charge < -0.3 is 15.3 Å². The molecular weight excluding hydrogens is 405 g/mol. The summed E-state index contributed by atoms with van der Waals surface area (Å²) in [6.07, 6.45) is -1.89. The van der Waals surface area contributed by atoms with Crippen LogP contribution in [0.15, 0.2) is 18.2 Å². The van der Waals surface area contributed by atoms with Gasteiger partial charge in [-0.15, -0.1) is 0 Å². The van der Waals surface area contributed by atoms with Crippen molar-refractivity contribution >= 4 is 23.3 Å². The maximum absolute atomic E-state index is 13.1. The van der Waals surface area contributed by atoms with Gasteiger partial charge in [-0.2, -0.15) is 13.2 Å². The highest BCUT2D eigenvalue weighted by molar-refractivity contribution is 6.31. The molecule has 4 fully saturated rings. The average molecular weight is 429 g/mol. The summed E-state index contributed by atoms with van der Waals surface area (Å²) in [5, 5.41) is 13.7. The molecule has 1 aromatic rings. The van der Waals surface area contributed by atoms with E-state index in [0.717, 1.165) is 12.0 Å². The molecule has 0 radical (unpaired) electrons. The van der Waals surface area contributed by atoms with E-state index in [9.17, 15) is 23.1 Å². The lowest BCUT2D eigenvalue weighted by Gasteiger charge is -2.42. The van der Waals surface area contributed by atoms with Gasteiger partial charge in [0.25, 0.3) is 0 Å². The molecule has 2 amide bonds. The van der Waals surface area contributed by atoms with Crippen LogP contribution in [0.25, 0.3) is 0 Å². The Morgan fingerprint density at radius 1 is 1.34 bits per heavy atom. The number of nitrogens with one attached hydrogen (secondary N) is 1. The van der Waals surface area contributed by atoms with Crippen molar-refractivity contribution in [3.05, 3.63) is 28.8 Å². The molecule has 5 rings (SSSR count). The third-order valence-electron chi connectivity index (χ3n) is 7.49. The minimum absolute atomic E-state index is 0.00683. The second kappa shape index (κ2) is 6.27. The van der Waals surface area contributed by atoms with Crippen LogP contribution < -0.4 is 5.32 Å². The molecule has 8 heteroatoms. The molecular formula is C21H24ClF3N2O2. The molecule has 2 N–H and O–H groups in total. The molecule has 0 spiro atoms. The predicted octanol–water partition coefficient (Wildman–Crippen LogP) is 5.16. The monoisotopic (exact) mass is 428 g/mol. The lowest BCUT2D eigenvalue weighted by molar-refractivity contribution is -0.186. The van der Waals surface area contributed by atoms with Gasteiger partial charge in [0.1, 0.15) is 0 Å². The summed E-state index contributed by atoms with van der Waals surface area (Å²) in [5.41, 5.74) is 0.774. The highest BCUT2D eigenvalue weighted by Gasteiger charge is 2.74. The maximum Gasteiger partial charge on any atom is 0.391 e. The standard InChI is InChI=1S/C21H24ClF3N2O2/c1-20(29)5-4-10(9-20)13-8-12(2-3-15(13)22)26-19(28)27-16-7-11(21(23,24)25)6-14-17(16)18(14)27/h2-3,8,10-11,14,16-18,29H,4-7,9H2,1H3,(H,26,28)/t10?,11-,14?,16?,17?,18?,20-/m0/s1. The third kappa shape index (κ3) is 3.21. The van der Waals surface area contributed by atoms with Crippen molar-refractivity contribution in [2.24, 2.45) is 17.8 Å². The number of rotatable bonds is 2. The van der Waals surface area contributed by atoms with Crippen LogP contribution in [-0.4, -0.2) is 39.9 Å². The number of nitrogens with zero attached hydrogens (tertiary/aromatic N) is 1. The van der Waals surface area contributed by atoms with Crippen molar-refractivity contribution in [1.82, 2.24) is 4.90 Å². The van der Waals surface area contributed by atoms with Crippen LogP contribution in [0.3, 0.4) is 0 Å². The number of carbonyl (C=O) groups is 1. The molecule has 1 heterocycles. The van der Waals surface area contributed by atoms with Crippen LogP contribution in [0.1, 0.15) is 50.5 Å². The highest BCUT2D eigenvalue weighted by atomic mass is 35.5. The summed E-state index contributed by atoms with van der Waals surface area (Å²) >= 11 is 6.36. The lowest BCUT2D eigenvalue weighted by atomic mass is 9.84. The van der Waals surface area contributed by atoms with E-state index in [-0.39, 0.29) is 48.7 Å². The second-order valence-corrected chi connectivity index (χ2v) is 9.93.